The number of primary amides is 3. The highest BCUT2D eigenvalue weighted by molar-refractivity contribution is 6.31. The monoisotopic (exact) mass is 1550 g/mol. The van der Waals surface area contributed by atoms with Gasteiger partial charge in [0.05, 0.1) is 25.2 Å². The summed E-state index contributed by atoms with van der Waals surface area (Å²) in [4.78, 5) is 80.5. The number of likely N-dealkylation sites (tertiary alicyclic amines) is 3. The van der Waals surface area contributed by atoms with Crippen molar-refractivity contribution in [2.75, 3.05) is 93.8 Å². The molecule has 3 unspecified atom stereocenters. The first-order valence-electron chi connectivity index (χ1n) is 38.4. The van der Waals surface area contributed by atoms with Crippen LogP contribution in [0.25, 0.3) is 33.8 Å². The Balaban J connectivity index is 0.000000142. The van der Waals surface area contributed by atoms with E-state index in [1.54, 1.807) is 47.0 Å². The van der Waals surface area contributed by atoms with Gasteiger partial charge in [0.15, 0.2) is 11.5 Å². The second-order valence-electron chi connectivity index (χ2n) is 28.7. The Morgan fingerprint density at radius 1 is 0.500 bits per heavy atom. The second-order valence-corrected chi connectivity index (χ2v) is 29.1. The van der Waals surface area contributed by atoms with Crippen LogP contribution in [-0.2, 0) is 14.4 Å². The lowest BCUT2D eigenvalue weighted by atomic mass is 9.87. The van der Waals surface area contributed by atoms with Crippen molar-refractivity contribution >= 4 is 70.2 Å². The molecule has 3 atom stereocenters. The highest BCUT2D eigenvalue weighted by atomic mass is 35.5. The zero-order chi connectivity index (χ0) is 79.4. The van der Waals surface area contributed by atoms with Crippen LogP contribution in [0.15, 0.2) is 213 Å². The predicted octanol–water partition coefficient (Wildman–Crippen LogP) is 14.2. The quantitative estimate of drug-likeness (QED) is 0.0310. The number of fused-ring (bicyclic) bond motifs is 3. The lowest BCUT2D eigenvalue weighted by Crippen LogP contribution is -2.53. The molecule has 26 nitrogen and oxygen atoms in total. The Morgan fingerprint density at radius 2 is 0.974 bits per heavy atom. The van der Waals surface area contributed by atoms with E-state index < -0.39 is 17.7 Å². The molecule has 0 bridgehead atoms. The van der Waals surface area contributed by atoms with Crippen molar-refractivity contribution < 1.29 is 47.7 Å². The molecule has 586 valence electrons. The third kappa shape index (κ3) is 17.5. The summed E-state index contributed by atoms with van der Waals surface area (Å²) in [5, 5.41) is 27.9. The minimum atomic E-state index is -0.591. The Bertz CT molecular complexity index is 5190. The van der Waals surface area contributed by atoms with E-state index in [1.807, 2.05) is 172 Å². The Hall–Kier alpha value is -12.9. The van der Waals surface area contributed by atoms with Crippen molar-refractivity contribution in [3.8, 4) is 74.0 Å². The molecule has 0 saturated carbocycles. The number of nitrogens with two attached hydrogens (primary N) is 3. The van der Waals surface area contributed by atoms with E-state index in [0.717, 1.165) is 93.1 Å². The zero-order valence-electron chi connectivity index (χ0n) is 63.3. The highest BCUT2D eigenvalue weighted by Crippen LogP contribution is 2.45. The Kier molecular flexibility index (Phi) is 24.3. The van der Waals surface area contributed by atoms with Crippen molar-refractivity contribution in [3.05, 3.63) is 241 Å². The molecule has 0 radical (unpaired) electrons. The van der Waals surface area contributed by atoms with E-state index in [2.05, 4.69) is 39.3 Å². The van der Waals surface area contributed by atoms with E-state index in [-0.39, 0.29) is 41.8 Å². The molecule has 10 N–H and O–H groups in total. The Morgan fingerprint density at radius 3 is 1.48 bits per heavy atom. The summed E-state index contributed by atoms with van der Waals surface area (Å²) in [5.41, 5.74) is 23.7. The molecule has 6 amide bonds. The van der Waals surface area contributed by atoms with Crippen LogP contribution in [0.2, 0.25) is 5.02 Å². The summed E-state index contributed by atoms with van der Waals surface area (Å²) in [5.74, 6) is 5.07. The minimum absolute atomic E-state index is 0.0505. The molecule has 0 spiro atoms. The molecular weight excluding hydrogens is 1460 g/mol. The Labute approximate surface area is 665 Å². The van der Waals surface area contributed by atoms with E-state index in [1.165, 1.54) is 31.4 Å². The number of rotatable bonds is 22. The van der Waals surface area contributed by atoms with Gasteiger partial charge < -0.3 is 67.2 Å². The maximum Gasteiger partial charge on any atom is 0.254 e. The van der Waals surface area contributed by atoms with Gasteiger partial charge in [-0.1, -0.05) is 91.9 Å². The number of para-hydroxylation sites is 3. The van der Waals surface area contributed by atoms with Crippen LogP contribution in [-0.4, -0.2) is 152 Å². The third-order valence-corrected chi connectivity index (χ3v) is 21.8. The topological polar surface area (TPSA) is 329 Å². The molecule has 6 aliphatic rings. The van der Waals surface area contributed by atoms with Gasteiger partial charge in [-0.05, 0) is 203 Å². The van der Waals surface area contributed by atoms with Gasteiger partial charge in [0.1, 0.15) is 80.0 Å². The van der Waals surface area contributed by atoms with Crippen LogP contribution in [0.4, 0.5) is 23.1 Å². The van der Waals surface area contributed by atoms with Gasteiger partial charge in [-0.25, -0.2) is 14.0 Å². The lowest BCUT2D eigenvalue weighted by Gasteiger charge is -2.44. The van der Waals surface area contributed by atoms with Crippen LogP contribution in [0.5, 0.6) is 40.2 Å². The average Bonchev–Trinajstić information content (AvgIpc) is 1.61. The van der Waals surface area contributed by atoms with Crippen molar-refractivity contribution in [1.82, 2.24) is 44.0 Å². The average molecular weight is 1560 g/mol. The molecule has 0 aliphatic carbocycles. The number of amides is 6. The van der Waals surface area contributed by atoms with Gasteiger partial charge in [-0.2, -0.15) is 15.3 Å². The number of carbonyl (C=O) groups excluding carboxylic acids is 6. The maximum atomic E-state index is 12.9. The standard InChI is InChI=1S/C33H40N6O3.C28H24ClN5O3.C26H27N5O4/c34-32(41)30-31(25-11-13-27(14-12-25)42-26-8-3-1-4-9-26)36-39-28(15-18-35-33(30)39)24-16-22-38(23-17-24)29(40)10-7-21-37-19-5-2-6-20-37;1-2-24(35)32-18-10-13-22(29)21(16-18)23-14-15-31-28-25(27(30)36)26(33-34(23)28)17-8-11-20(12-9-17)37-19-6-4-3-5-7-19;1-3-22(32)30-14-17(15-30)19-11-12-28-26-23(25(27)33)24(29-31(19)26)16-9-10-20(21(13-16)34-2)35-18-7-5-4-6-8-18/h1,3-4,7-14,24,28,35H,2,5-6,15-23H2,(H2,34,41);2-13,16,23,31H,1,14-15H2,(H2,30,36)(H,32,35);3-10,13,17,19,28H,1,11-12,14-15H2,2H3,(H2,27,33)/b10-7+;;. The van der Waals surface area contributed by atoms with E-state index in [0.29, 0.717) is 135 Å². The van der Waals surface area contributed by atoms with Crippen LogP contribution < -0.4 is 57.4 Å². The van der Waals surface area contributed by atoms with Crippen LogP contribution in [0, 0.1) is 11.8 Å². The van der Waals surface area contributed by atoms with Crippen LogP contribution >= 0.6 is 11.6 Å². The molecule has 27 heteroatoms. The van der Waals surface area contributed by atoms with Crippen molar-refractivity contribution in [2.24, 2.45) is 29.0 Å². The maximum absolute atomic E-state index is 12.9. The summed E-state index contributed by atoms with van der Waals surface area (Å²) in [6.07, 6.45) is 14.3. The summed E-state index contributed by atoms with van der Waals surface area (Å²) < 4.78 is 28.9. The molecular formula is C87H91ClN16O10. The summed E-state index contributed by atoms with van der Waals surface area (Å²) in [7, 11) is 1.56. The van der Waals surface area contributed by atoms with Gasteiger partial charge in [-0.15, -0.1) is 0 Å². The molecule has 3 aromatic heterocycles. The first-order chi connectivity index (χ1) is 55.5. The number of hydrogen-bond acceptors (Lipinski definition) is 17. The fourth-order valence-electron chi connectivity index (χ4n) is 15.7. The molecule has 3 fully saturated rings. The molecule has 3 saturated heterocycles. The largest absolute Gasteiger partial charge is 0.493 e. The number of piperidine rings is 2. The van der Waals surface area contributed by atoms with E-state index in [4.69, 9.17) is 63.0 Å². The first kappa shape index (κ1) is 77.8. The van der Waals surface area contributed by atoms with Gasteiger partial charge in [-0.3, -0.25) is 33.7 Å². The number of ether oxygens (including phenoxy) is 4. The molecule has 6 aliphatic heterocycles. The molecule has 7 aromatic carbocycles. The summed E-state index contributed by atoms with van der Waals surface area (Å²) in [6.45, 7) is 14.9. The van der Waals surface area contributed by atoms with Gasteiger partial charge in [0.2, 0.25) is 17.7 Å². The first-order valence-corrected chi connectivity index (χ1v) is 38.8. The highest BCUT2D eigenvalue weighted by Gasteiger charge is 2.42. The van der Waals surface area contributed by atoms with Crippen molar-refractivity contribution in [1.29, 1.82) is 0 Å². The molecule has 9 heterocycles. The van der Waals surface area contributed by atoms with Gasteiger partial charge in [0, 0.05) is 91.8 Å². The number of methoxy groups -OCH3 is 1. The number of nitrogens with one attached hydrogen (secondary N) is 4. The number of hydrogen-bond donors (Lipinski definition) is 7. The fraction of sp³-hybridized carbons (Fsp3) is 0.276. The smallest absolute Gasteiger partial charge is 0.254 e. The zero-order valence-corrected chi connectivity index (χ0v) is 64.1. The predicted molar refractivity (Wildman–Crippen MR) is 439 cm³/mol. The van der Waals surface area contributed by atoms with Crippen LogP contribution in [0.1, 0.15) is 106 Å². The number of anilines is 4. The number of halogens is 1. The number of aromatic nitrogens is 6. The van der Waals surface area contributed by atoms with E-state index in [9.17, 15) is 28.8 Å². The molecule has 16 rings (SSSR count). The minimum Gasteiger partial charge on any atom is -0.493 e. The number of carbonyl (C=O) groups is 6. The number of nitrogens with zero attached hydrogens (tertiary/aromatic N) is 9. The summed E-state index contributed by atoms with van der Waals surface area (Å²) in [6, 6.07) is 54.0. The number of benzene rings is 7. The fourth-order valence-corrected chi connectivity index (χ4v) is 15.9. The van der Waals surface area contributed by atoms with Crippen molar-refractivity contribution in [2.45, 2.75) is 69.5 Å². The molecule has 10 aromatic rings. The normalized spacial score (nSPS) is 17.2. The van der Waals surface area contributed by atoms with E-state index >= 15 is 0 Å². The lowest BCUT2D eigenvalue weighted by molar-refractivity contribution is -0.133. The summed E-state index contributed by atoms with van der Waals surface area (Å²) >= 11 is 6.58. The second kappa shape index (κ2) is 35.6. The third-order valence-electron chi connectivity index (χ3n) is 21.4. The van der Waals surface area contributed by atoms with Gasteiger partial charge >= 0.3 is 0 Å². The van der Waals surface area contributed by atoms with Crippen molar-refractivity contribution in [3.63, 3.8) is 0 Å². The SMILES string of the molecule is C=CC(=O)N1CC(C2CCNc3c(C(N)=O)c(-c4ccc(Oc5ccccc5)c(OC)c4)nn32)C1.C=CC(=O)Nc1ccc(Cl)c(C2CCNc3c(C(N)=O)c(-c4ccc(Oc5ccccc5)cc4)nn32)c1.NC(=O)c1c(-c2ccc(Oc3ccccc3)cc2)nn2c1NCCC2C1CCN(C(=O)/C=C/CN2CCCCC2)CC1. The van der Waals surface area contributed by atoms with Gasteiger partial charge in [0.25, 0.3) is 17.7 Å². The molecule has 114 heavy (non-hydrogen) atoms. The van der Waals surface area contributed by atoms with Crippen LogP contribution in [0.3, 0.4) is 0 Å².